The number of hydrogen-bond acceptors (Lipinski definition) is 8. The first-order chi connectivity index (χ1) is 24.5. The summed E-state index contributed by atoms with van der Waals surface area (Å²) in [5.74, 6) is -3.28. The maximum Gasteiger partial charge on any atom is 0.243 e. The van der Waals surface area contributed by atoms with E-state index in [0.717, 1.165) is 16.3 Å². The lowest BCUT2D eigenvalue weighted by atomic mass is 10.0. The number of carbonyl (C=O) groups is 5. The molecule has 1 aliphatic rings. The summed E-state index contributed by atoms with van der Waals surface area (Å²) in [7, 11) is 0. The summed E-state index contributed by atoms with van der Waals surface area (Å²) >= 11 is 0. The molecular weight excluding hydrogens is 654 g/mol. The smallest absolute Gasteiger partial charge is 0.243 e. The maximum absolute atomic E-state index is 13.9. The number of phenolic OH excluding ortho intramolecular Hbond substituents is 1. The van der Waals surface area contributed by atoms with Gasteiger partial charge in [0, 0.05) is 19.4 Å². The van der Waals surface area contributed by atoms with Crippen molar-refractivity contribution in [2.45, 2.75) is 69.1 Å². The van der Waals surface area contributed by atoms with Gasteiger partial charge in [-0.2, -0.15) is 0 Å². The lowest BCUT2D eigenvalue weighted by Crippen LogP contribution is -2.58. The largest absolute Gasteiger partial charge is 0.508 e. The van der Waals surface area contributed by atoms with Gasteiger partial charge in [0.2, 0.25) is 29.5 Å². The Morgan fingerprint density at radius 1 is 0.667 bits per heavy atom. The molecule has 4 rings (SSSR count). The molecule has 0 bridgehead atoms. The number of carbonyl (C=O) groups excluding carboxylic acids is 5. The number of phenols is 1. The van der Waals surface area contributed by atoms with Crippen LogP contribution in [0.4, 0.5) is 0 Å². The van der Waals surface area contributed by atoms with Crippen molar-refractivity contribution in [3.8, 4) is 5.75 Å². The van der Waals surface area contributed by atoms with Crippen LogP contribution < -0.4 is 43.8 Å². The molecule has 0 saturated carbocycles. The molecule has 0 spiro atoms. The summed E-state index contributed by atoms with van der Waals surface area (Å²) in [5, 5.41) is 25.2. The summed E-state index contributed by atoms with van der Waals surface area (Å²) < 4.78 is 0. The lowest BCUT2D eigenvalue weighted by Gasteiger charge is -2.26. The number of nitrogens with zero attached hydrogens (tertiary/aromatic N) is 1. The van der Waals surface area contributed by atoms with Crippen molar-refractivity contribution in [3.05, 3.63) is 77.9 Å². The van der Waals surface area contributed by atoms with E-state index in [2.05, 4.69) is 31.6 Å². The minimum absolute atomic E-state index is 0.0288. The van der Waals surface area contributed by atoms with Crippen molar-refractivity contribution < 1.29 is 29.1 Å². The second-order valence-corrected chi connectivity index (χ2v) is 12.5. The highest BCUT2D eigenvalue weighted by Crippen LogP contribution is 2.17. The Hall–Kier alpha value is -5.70. The molecule has 5 amide bonds. The average molecular weight is 702 g/mol. The summed E-state index contributed by atoms with van der Waals surface area (Å²) in [4.78, 5) is 72.2. The molecule has 15 heteroatoms. The van der Waals surface area contributed by atoms with Crippen molar-refractivity contribution in [1.29, 1.82) is 0 Å². The van der Waals surface area contributed by atoms with Gasteiger partial charge in [0.05, 0.1) is 6.54 Å². The fraction of sp³-hybridized carbons (Fsp3) is 0.389. The van der Waals surface area contributed by atoms with Gasteiger partial charge >= 0.3 is 0 Å². The van der Waals surface area contributed by atoms with Crippen LogP contribution in [0.1, 0.15) is 43.2 Å². The highest BCUT2D eigenvalue weighted by atomic mass is 16.3. The first kappa shape index (κ1) is 38.1. The summed E-state index contributed by atoms with van der Waals surface area (Å²) in [6.07, 6.45) is 1.84. The zero-order valence-electron chi connectivity index (χ0n) is 28.4. The van der Waals surface area contributed by atoms with E-state index in [1.54, 1.807) is 12.1 Å². The van der Waals surface area contributed by atoms with Gasteiger partial charge in [-0.05, 0) is 72.7 Å². The molecule has 1 heterocycles. The topological polar surface area (TPSA) is 256 Å². The maximum atomic E-state index is 13.9. The summed E-state index contributed by atoms with van der Waals surface area (Å²) in [6, 6.07) is 15.1. The molecule has 3 aromatic carbocycles. The number of aromatic hydroxyl groups is 1. The number of guanidine groups is 1. The predicted octanol–water partition coefficient (Wildman–Crippen LogP) is -0.418. The highest BCUT2D eigenvalue weighted by Gasteiger charge is 2.32. The first-order valence-electron chi connectivity index (χ1n) is 17.0. The van der Waals surface area contributed by atoms with E-state index >= 15 is 0 Å². The monoisotopic (exact) mass is 701 g/mol. The van der Waals surface area contributed by atoms with Gasteiger partial charge in [-0.1, -0.05) is 54.6 Å². The molecule has 0 aromatic heterocycles. The van der Waals surface area contributed by atoms with Crippen LogP contribution in [-0.2, 0) is 36.8 Å². The SMILES string of the molecule is NCCCC[C@@H]1NC(=O)[C@@H](Cc2ccc(O)cc2)NC(=O)CNC(=O)[C@H](Cc2ccc3ccccc3c2)NC(=O)[C@H](CCCN=C(N)N)NC1=O. The van der Waals surface area contributed by atoms with Crippen molar-refractivity contribution in [3.63, 3.8) is 0 Å². The highest BCUT2D eigenvalue weighted by molar-refractivity contribution is 5.97. The lowest BCUT2D eigenvalue weighted by molar-refractivity contribution is -0.134. The number of rotatable bonds is 12. The molecule has 1 aliphatic heterocycles. The van der Waals surface area contributed by atoms with Gasteiger partial charge in [-0.15, -0.1) is 0 Å². The standard InChI is InChI=1S/C36H47N9O6/c37-16-4-3-8-27-33(49)43-28(9-5-17-40-36(38)39)34(50)45-29(20-23-10-13-24-6-1-2-7-25(24)18-23)32(48)41-21-31(47)42-30(35(51)44-27)19-22-11-14-26(46)15-12-22/h1-2,6-7,10-15,18,27-30,46H,3-5,8-9,16-17,19-21,37H2,(H,41,48)(H,42,47)(H,43,49)(H,44,51)(H,45,50)(H4,38,39,40)/t27-,28-,29-,30+/m0/s1. The molecule has 1 fully saturated rings. The Bertz CT molecular complexity index is 1710. The van der Waals surface area contributed by atoms with E-state index in [1.807, 2.05) is 42.5 Å². The second-order valence-electron chi connectivity index (χ2n) is 12.5. The first-order valence-corrected chi connectivity index (χ1v) is 17.0. The predicted molar refractivity (Wildman–Crippen MR) is 193 cm³/mol. The molecule has 15 nitrogen and oxygen atoms in total. The van der Waals surface area contributed by atoms with Gasteiger partial charge < -0.3 is 48.9 Å². The van der Waals surface area contributed by atoms with E-state index in [-0.39, 0.29) is 43.9 Å². The van der Waals surface area contributed by atoms with Gasteiger partial charge in [-0.25, -0.2) is 0 Å². The minimum Gasteiger partial charge on any atom is -0.508 e. The normalized spacial score (nSPS) is 20.5. The molecule has 4 atom stereocenters. The van der Waals surface area contributed by atoms with Gasteiger partial charge in [0.1, 0.15) is 29.9 Å². The minimum atomic E-state index is -1.14. The summed E-state index contributed by atoms with van der Waals surface area (Å²) in [6.45, 7) is 0.0744. The zero-order chi connectivity index (χ0) is 36.8. The molecule has 0 unspecified atom stereocenters. The van der Waals surface area contributed by atoms with E-state index < -0.39 is 60.2 Å². The number of fused-ring (bicyclic) bond motifs is 1. The van der Waals surface area contributed by atoms with Crippen LogP contribution >= 0.6 is 0 Å². The Morgan fingerprint density at radius 3 is 1.90 bits per heavy atom. The van der Waals surface area contributed by atoms with Crippen LogP contribution in [0.2, 0.25) is 0 Å². The van der Waals surface area contributed by atoms with Crippen LogP contribution in [-0.4, -0.2) is 84.4 Å². The quantitative estimate of drug-likeness (QED) is 0.0674. The van der Waals surface area contributed by atoms with Crippen molar-refractivity contribution >= 4 is 46.3 Å². The third-order valence-corrected chi connectivity index (χ3v) is 8.50. The third-order valence-electron chi connectivity index (χ3n) is 8.50. The molecular formula is C36H47N9O6. The average Bonchev–Trinajstić information content (AvgIpc) is 3.11. The van der Waals surface area contributed by atoms with Crippen molar-refractivity contribution in [1.82, 2.24) is 26.6 Å². The number of unbranched alkanes of at least 4 members (excludes halogenated alkanes) is 1. The van der Waals surface area contributed by atoms with E-state index in [9.17, 15) is 29.1 Å². The number of nitrogens with one attached hydrogen (secondary N) is 5. The third kappa shape index (κ3) is 12.0. The van der Waals surface area contributed by atoms with Crippen molar-refractivity contribution in [2.75, 3.05) is 19.6 Å². The van der Waals surface area contributed by atoms with Crippen LogP contribution in [0.15, 0.2) is 71.7 Å². The molecule has 0 radical (unpaired) electrons. The molecule has 272 valence electrons. The molecule has 51 heavy (non-hydrogen) atoms. The molecule has 1 saturated heterocycles. The van der Waals surface area contributed by atoms with Gasteiger partial charge in [0.15, 0.2) is 5.96 Å². The van der Waals surface area contributed by atoms with Gasteiger partial charge in [-0.3, -0.25) is 29.0 Å². The Balaban J connectivity index is 1.67. The Kier molecular flexibility index (Phi) is 14.1. The fourth-order valence-electron chi connectivity index (χ4n) is 5.77. The molecule has 0 aliphatic carbocycles. The fourth-order valence-corrected chi connectivity index (χ4v) is 5.77. The second kappa shape index (κ2) is 18.9. The number of aliphatic imine (C=N–C) groups is 1. The number of nitrogens with two attached hydrogens (primary N) is 3. The number of hydrogen-bond donors (Lipinski definition) is 9. The van der Waals surface area contributed by atoms with Crippen molar-refractivity contribution in [2.24, 2.45) is 22.2 Å². The van der Waals surface area contributed by atoms with Crippen LogP contribution in [0, 0.1) is 0 Å². The Morgan fingerprint density at radius 2 is 1.24 bits per heavy atom. The van der Waals surface area contributed by atoms with Gasteiger partial charge in [0.25, 0.3) is 0 Å². The van der Waals surface area contributed by atoms with Crippen LogP contribution in [0.3, 0.4) is 0 Å². The van der Waals surface area contributed by atoms with E-state index in [4.69, 9.17) is 17.2 Å². The van der Waals surface area contributed by atoms with Crippen LogP contribution in [0.5, 0.6) is 5.75 Å². The molecule has 3 aromatic rings. The Labute approximate surface area is 296 Å². The summed E-state index contributed by atoms with van der Waals surface area (Å²) in [5.41, 5.74) is 18.0. The van der Waals surface area contributed by atoms with Crippen LogP contribution in [0.25, 0.3) is 10.8 Å². The zero-order valence-corrected chi connectivity index (χ0v) is 28.4. The molecule has 12 N–H and O–H groups in total. The number of amides is 5. The number of benzene rings is 3. The van der Waals surface area contributed by atoms with E-state index in [1.165, 1.54) is 12.1 Å². The van der Waals surface area contributed by atoms with E-state index in [0.29, 0.717) is 31.4 Å².